The summed E-state index contributed by atoms with van der Waals surface area (Å²) in [5.74, 6) is -0.416. The minimum absolute atomic E-state index is 0.0489. The van der Waals surface area contributed by atoms with E-state index in [9.17, 15) is 26.4 Å². The third-order valence-corrected chi connectivity index (χ3v) is 7.74. The fourth-order valence-electron chi connectivity index (χ4n) is 3.48. The molecule has 0 radical (unpaired) electrons. The van der Waals surface area contributed by atoms with E-state index in [1.54, 1.807) is 29.6 Å². The van der Waals surface area contributed by atoms with Crippen molar-refractivity contribution in [2.24, 2.45) is 12.8 Å². The van der Waals surface area contributed by atoms with Crippen molar-refractivity contribution in [1.29, 1.82) is 0 Å². The molecule has 0 bridgehead atoms. The molecule has 0 spiro atoms. The topological polar surface area (TPSA) is 180 Å². The first-order chi connectivity index (χ1) is 17.2. The van der Waals surface area contributed by atoms with Crippen molar-refractivity contribution in [1.82, 2.24) is 14.8 Å². The van der Waals surface area contributed by atoms with Crippen LogP contribution in [0.3, 0.4) is 0 Å². The van der Waals surface area contributed by atoms with Crippen LogP contribution in [0.1, 0.15) is 17.7 Å². The zero-order valence-electron chi connectivity index (χ0n) is 18.8. The van der Waals surface area contributed by atoms with E-state index in [0.29, 0.717) is 22.0 Å². The predicted molar refractivity (Wildman–Crippen MR) is 132 cm³/mol. The van der Waals surface area contributed by atoms with Gasteiger partial charge in [-0.05, 0) is 36.1 Å². The first-order valence-corrected chi connectivity index (χ1v) is 13.5. The Bertz CT molecular complexity index is 1540. The highest BCUT2D eigenvalue weighted by molar-refractivity contribution is 7.94. The van der Waals surface area contributed by atoms with E-state index in [-0.39, 0.29) is 28.6 Å². The lowest BCUT2D eigenvalue weighted by atomic mass is 10.0. The van der Waals surface area contributed by atoms with Gasteiger partial charge in [-0.3, -0.25) is 23.3 Å². The summed E-state index contributed by atoms with van der Waals surface area (Å²) >= 11 is -1.57. The molecule has 1 aromatic carbocycles. The summed E-state index contributed by atoms with van der Waals surface area (Å²) in [5.41, 5.74) is 5.90. The second-order valence-electron chi connectivity index (χ2n) is 7.51. The molecule has 0 saturated heterocycles. The number of hydrogen-bond donors (Lipinski definition) is 5. The molecule has 3 heterocycles. The standard InChI is InChI=1S/C20H18F3N5O3S2.H2O3S/c1-28-16(20(21,22)23)10-15(26-28)11-4-6-14-13(9-11)12(5-7-17(24)29)19(25-14)27-33(30,31)18-3-2-8-32-18;1-4(2)3/h2-4,6,8-10,25,27H,5,7H2,1H3,(H2,24,29);(H2,1,2,3). The molecule has 0 aliphatic heterocycles. The number of benzene rings is 1. The van der Waals surface area contributed by atoms with Gasteiger partial charge < -0.3 is 10.7 Å². The summed E-state index contributed by atoms with van der Waals surface area (Å²) in [6.07, 6.45) is -4.48. The quantitative estimate of drug-likeness (QED) is 0.208. The SMILES string of the molecule is Cn1nc(-c2ccc3[nH]c(NS(=O)(=O)c4cccs4)c(CCC(N)=O)c3c2)cc1C(F)(F)F.O=S(O)O. The smallest absolute Gasteiger partial charge is 0.370 e. The molecule has 0 aliphatic carbocycles. The monoisotopic (exact) mass is 579 g/mol. The molecule has 0 atom stereocenters. The first kappa shape index (κ1) is 28.3. The summed E-state index contributed by atoms with van der Waals surface area (Å²) in [6.45, 7) is 0. The van der Waals surface area contributed by atoms with Crippen LogP contribution in [-0.2, 0) is 45.8 Å². The maximum Gasteiger partial charge on any atom is 0.433 e. The van der Waals surface area contributed by atoms with Crippen LogP contribution < -0.4 is 10.5 Å². The van der Waals surface area contributed by atoms with Crippen molar-refractivity contribution < 1.29 is 39.7 Å². The van der Waals surface area contributed by atoms with Gasteiger partial charge in [-0.15, -0.1) is 11.3 Å². The number of aromatic nitrogens is 3. The Labute approximate surface area is 214 Å². The first-order valence-electron chi connectivity index (χ1n) is 10.1. The van der Waals surface area contributed by atoms with E-state index >= 15 is 0 Å². The zero-order valence-corrected chi connectivity index (χ0v) is 21.3. The number of aromatic amines is 1. The Morgan fingerprint density at radius 2 is 1.95 bits per heavy atom. The number of nitrogens with two attached hydrogens (primary N) is 1. The van der Waals surface area contributed by atoms with Crippen LogP contribution in [0, 0.1) is 0 Å². The van der Waals surface area contributed by atoms with Gasteiger partial charge >= 0.3 is 6.18 Å². The van der Waals surface area contributed by atoms with Gasteiger partial charge in [-0.2, -0.15) is 22.5 Å². The van der Waals surface area contributed by atoms with Crippen molar-refractivity contribution in [3.63, 3.8) is 0 Å². The molecular formula is C20H20F3N5O6S3. The van der Waals surface area contributed by atoms with Crippen LogP contribution in [0.2, 0.25) is 0 Å². The van der Waals surface area contributed by atoms with Crippen molar-refractivity contribution >= 4 is 55.3 Å². The van der Waals surface area contributed by atoms with Crippen LogP contribution in [0.15, 0.2) is 46.0 Å². The highest BCUT2D eigenvalue weighted by Crippen LogP contribution is 2.35. The summed E-state index contributed by atoms with van der Waals surface area (Å²) < 4.78 is 91.2. The van der Waals surface area contributed by atoms with Gasteiger partial charge in [0.2, 0.25) is 5.91 Å². The molecule has 0 fully saturated rings. The Kier molecular flexibility index (Phi) is 8.43. The van der Waals surface area contributed by atoms with E-state index in [1.807, 2.05) is 0 Å². The van der Waals surface area contributed by atoms with Gasteiger partial charge in [0.25, 0.3) is 21.4 Å². The Balaban J connectivity index is 0.000000886. The number of carbonyl (C=O) groups is 1. The normalized spacial score (nSPS) is 12.0. The lowest BCUT2D eigenvalue weighted by Gasteiger charge is -2.07. The van der Waals surface area contributed by atoms with Gasteiger partial charge in [0, 0.05) is 35.5 Å². The maximum absolute atomic E-state index is 13.2. The van der Waals surface area contributed by atoms with E-state index in [2.05, 4.69) is 14.8 Å². The summed E-state index contributed by atoms with van der Waals surface area (Å²) in [7, 11) is -2.67. The van der Waals surface area contributed by atoms with E-state index in [0.717, 1.165) is 22.1 Å². The van der Waals surface area contributed by atoms with E-state index in [1.165, 1.54) is 13.1 Å². The Hall–Kier alpha value is -3.25. The molecular weight excluding hydrogens is 559 g/mol. The molecule has 4 aromatic rings. The third kappa shape index (κ3) is 6.95. The van der Waals surface area contributed by atoms with Crippen LogP contribution in [-0.4, -0.2) is 42.4 Å². The average Bonchev–Trinajstić information content (AvgIpc) is 3.49. The largest absolute Gasteiger partial charge is 0.433 e. The molecule has 17 heteroatoms. The van der Waals surface area contributed by atoms with Crippen molar-refractivity contribution in [3.8, 4) is 11.3 Å². The molecule has 0 unspecified atom stereocenters. The van der Waals surface area contributed by atoms with E-state index < -0.39 is 39.2 Å². The number of halogens is 3. The molecule has 6 N–H and O–H groups in total. The number of rotatable bonds is 7. The van der Waals surface area contributed by atoms with Crippen LogP contribution in [0.25, 0.3) is 22.2 Å². The lowest BCUT2D eigenvalue weighted by Crippen LogP contribution is -2.14. The fourth-order valence-corrected chi connectivity index (χ4v) is 5.52. The maximum atomic E-state index is 13.2. The Morgan fingerprint density at radius 3 is 2.49 bits per heavy atom. The van der Waals surface area contributed by atoms with Gasteiger partial charge in [-0.1, -0.05) is 12.1 Å². The van der Waals surface area contributed by atoms with Crippen molar-refractivity contribution in [2.75, 3.05) is 4.72 Å². The minimum Gasteiger partial charge on any atom is -0.370 e. The lowest BCUT2D eigenvalue weighted by molar-refractivity contribution is -0.143. The number of carbonyl (C=O) groups excluding carboxylic acids is 1. The number of aryl methyl sites for hydroxylation is 2. The van der Waals surface area contributed by atoms with Gasteiger partial charge in [-0.25, -0.2) is 8.42 Å². The number of sulfonamides is 1. The molecule has 1 amide bonds. The van der Waals surface area contributed by atoms with Gasteiger partial charge in [0.1, 0.15) is 15.7 Å². The number of thiophene rings is 1. The predicted octanol–water partition coefficient (Wildman–Crippen LogP) is 3.55. The zero-order chi connectivity index (χ0) is 27.5. The number of primary amides is 1. The fraction of sp³-hybridized carbons (Fsp3) is 0.200. The molecule has 11 nitrogen and oxygen atoms in total. The Morgan fingerprint density at radius 1 is 1.27 bits per heavy atom. The second kappa shape index (κ2) is 11.0. The highest BCUT2D eigenvalue weighted by atomic mass is 32.2. The van der Waals surface area contributed by atoms with Gasteiger partial charge in [0.15, 0.2) is 0 Å². The number of alkyl halides is 3. The number of H-pyrrole nitrogens is 1. The third-order valence-electron chi connectivity index (χ3n) is 4.99. The number of nitrogens with zero attached hydrogens (tertiary/aromatic N) is 2. The number of amides is 1. The average molecular weight is 580 g/mol. The second-order valence-corrected chi connectivity index (χ2v) is 10.8. The molecule has 37 heavy (non-hydrogen) atoms. The molecule has 3 aromatic heterocycles. The van der Waals surface area contributed by atoms with Crippen LogP contribution in [0.5, 0.6) is 0 Å². The number of hydrogen-bond acceptors (Lipinski definition) is 6. The van der Waals surface area contributed by atoms with Crippen molar-refractivity contribution in [3.05, 3.63) is 53.0 Å². The number of anilines is 1. The van der Waals surface area contributed by atoms with Gasteiger partial charge in [0.05, 0.1) is 5.69 Å². The summed E-state index contributed by atoms with van der Waals surface area (Å²) in [6, 6.07) is 8.80. The van der Waals surface area contributed by atoms with Crippen LogP contribution in [0.4, 0.5) is 19.0 Å². The van der Waals surface area contributed by atoms with Crippen LogP contribution >= 0.6 is 11.3 Å². The molecule has 0 saturated carbocycles. The summed E-state index contributed by atoms with van der Waals surface area (Å²) in [4.78, 5) is 14.4. The van der Waals surface area contributed by atoms with E-state index in [4.69, 9.17) is 19.0 Å². The van der Waals surface area contributed by atoms with Crippen molar-refractivity contribution in [2.45, 2.75) is 23.2 Å². The minimum atomic E-state index is -4.56. The molecule has 200 valence electrons. The number of nitrogens with one attached hydrogen (secondary N) is 2. The number of fused-ring (bicyclic) bond motifs is 1. The molecule has 4 rings (SSSR count). The molecule has 0 aliphatic rings. The summed E-state index contributed by atoms with van der Waals surface area (Å²) in [5, 5.41) is 6.13. The highest BCUT2D eigenvalue weighted by Gasteiger charge is 2.35.